The molecule has 0 radical (unpaired) electrons. The van der Waals surface area contributed by atoms with Crippen LogP contribution in [-0.2, 0) is 9.47 Å². The van der Waals surface area contributed by atoms with E-state index in [4.69, 9.17) is 20.3 Å². The Morgan fingerprint density at radius 3 is 2.24 bits per heavy atom. The van der Waals surface area contributed by atoms with Gasteiger partial charge in [0.2, 0.25) is 0 Å². The molecule has 0 fully saturated rings. The highest BCUT2D eigenvalue weighted by atomic mass is 16.5. The molecule has 3 N–H and O–H groups in total. The van der Waals surface area contributed by atoms with E-state index in [1.165, 1.54) is 0 Å². The summed E-state index contributed by atoms with van der Waals surface area (Å²) in [6, 6.07) is 0. The molecule has 1 atom stereocenters. The van der Waals surface area contributed by atoms with Crippen LogP contribution in [0.15, 0.2) is 0 Å². The van der Waals surface area contributed by atoms with Gasteiger partial charge in [0.15, 0.2) is 0 Å². The van der Waals surface area contributed by atoms with Crippen LogP contribution in [0.5, 0.6) is 0 Å². The third kappa shape index (κ3) is 9.53. The molecule has 0 aliphatic carbocycles. The Balaban J connectivity index is 3.36. The first kappa shape index (κ1) is 16.8. The zero-order chi connectivity index (χ0) is 13.4. The second kappa shape index (κ2) is 8.03. The van der Waals surface area contributed by atoms with Crippen LogP contribution < -0.4 is 5.73 Å². The molecular formula is C13H29NO3. The number of nitrogens with two attached hydrogens (primary N) is 1. The van der Waals surface area contributed by atoms with E-state index in [1.54, 1.807) is 7.11 Å². The third-order valence-corrected chi connectivity index (χ3v) is 3.05. The van der Waals surface area contributed by atoms with E-state index in [0.29, 0.717) is 0 Å². The topological polar surface area (TPSA) is 64.7 Å². The van der Waals surface area contributed by atoms with Crippen molar-refractivity contribution in [3.63, 3.8) is 0 Å². The zero-order valence-corrected chi connectivity index (χ0v) is 11.8. The molecule has 0 aromatic rings. The van der Waals surface area contributed by atoms with E-state index in [2.05, 4.69) is 13.8 Å². The van der Waals surface area contributed by atoms with E-state index in [9.17, 15) is 0 Å². The van der Waals surface area contributed by atoms with Crippen molar-refractivity contribution in [3.8, 4) is 0 Å². The Morgan fingerprint density at radius 1 is 1.06 bits per heavy atom. The molecule has 0 amide bonds. The Morgan fingerprint density at radius 2 is 1.71 bits per heavy atom. The summed E-state index contributed by atoms with van der Waals surface area (Å²) in [7, 11) is 1.72. The maximum atomic E-state index is 8.98. The number of aliphatic hydroxyl groups is 1. The maximum Gasteiger partial charge on any atom is 0.0644 e. The molecule has 4 heteroatoms. The second-order valence-electron chi connectivity index (χ2n) is 5.60. The van der Waals surface area contributed by atoms with Gasteiger partial charge in [0.1, 0.15) is 0 Å². The normalized spacial score (nSPS) is 15.9. The third-order valence-electron chi connectivity index (χ3n) is 3.05. The van der Waals surface area contributed by atoms with E-state index in [-0.39, 0.29) is 12.2 Å². The molecule has 1 unspecified atom stereocenters. The van der Waals surface area contributed by atoms with Gasteiger partial charge in [0, 0.05) is 25.9 Å². The molecule has 17 heavy (non-hydrogen) atoms. The first-order chi connectivity index (χ1) is 7.83. The number of hydrogen-bond acceptors (Lipinski definition) is 4. The highest BCUT2D eigenvalue weighted by Gasteiger charge is 2.16. The highest BCUT2D eigenvalue weighted by molar-refractivity contribution is 4.76. The lowest BCUT2D eigenvalue weighted by atomic mass is 9.97. The molecule has 0 aromatic carbocycles. The summed E-state index contributed by atoms with van der Waals surface area (Å²) in [4.78, 5) is 0. The van der Waals surface area contributed by atoms with Gasteiger partial charge in [-0.15, -0.1) is 0 Å². The van der Waals surface area contributed by atoms with Crippen LogP contribution in [0.1, 0.15) is 46.5 Å². The summed E-state index contributed by atoms with van der Waals surface area (Å²) < 4.78 is 10.8. The number of hydrogen-bond donors (Lipinski definition) is 2. The minimum atomic E-state index is -0.446. The molecule has 4 nitrogen and oxygen atoms in total. The summed E-state index contributed by atoms with van der Waals surface area (Å²) in [5.74, 6) is 0. The number of unbranched alkanes of at least 4 members (excludes halogenated alkanes) is 1. The molecule has 0 aliphatic rings. The Labute approximate surface area is 105 Å². The fourth-order valence-electron chi connectivity index (χ4n) is 1.33. The molecule has 0 saturated carbocycles. The standard InChI is InChI=1S/C13H29NO3/c1-12(2,16-4)8-10-17-9-6-5-7-13(3,14)11-15/h15H,5-11,14H2,1-4H3. The van der Waals surface area contributed by atoms with Crippen LogP contribution in [0.4, 0.5) is 0 Å². The fraction of sp³-hybridized carbons (Fsp3) is 1.00. The van der Waals surface area contributed by atoms with Crippen molar-refractivity contribution < 1.29 is 14.6 Å². The smallest absolute Gasteiger partial charge is 0.0644 e. The van der Waals surface area contributed by atoms with Crippen molar-refractivity contribution in [2.24, 2.45) is 5.73 Å². The number of methoxy groups -OCH3 is 1. The van der Waals surface area contributed by atoms with Gasteiger partial charge in [0.25, 0.3) is 0 Å². The van der Waals surface area contributed by atoms with Gasteiger partial charge in [-0.2, -0.15) is 0 Å². The van der Waals surface area contributed by atoms with Gasteiger partial charge in [0.05, 0.1) is 12.2 Å². The van der Waals surface area contributed by atoms with Gasteiger partial charge in [-0.3, -0.25) is 0 Å². The van der Waals surface area contributed by atoms with Crippen LogP contribution in [0.25, 0.3) is 0 Å². The average molecular weight is 247 g/mol. The van der Waals surface area contributed by atoms with Crippen molar-refractivity contribution >= 4 is 0 Å². The summed E-state index contributed by atoms with van der Waals surface area (Å²) in [5.41, 5.74) is 5.27. The van der Waals surface area contributed by atoms with Gasteiger partial charge < -0.3 is 20.3 Å². The number of aliphatic hydroxyl groups excluding tert-OH is 1. The van der Waals surface area contributed by atoms with E-state index >= 15 is 0 Å². The lowest BCUT2D eigenvalue weighted by Crippen LogP contribution is -2.39. The summed E-state index contributed by atoms with van der Waals surface area (Å²) in [6.07, 6.45) is 3.70. The van der Waals surface area contributed by atoms with Gasteiger partial charge in [-0.05, 0) is 46.5 Å². The molecule has 0 bridgehead atoms. The molecule has 0 heterocycles. The first-order valence-electron chi connectivity index (χ1n) is 6.36. The van der Waals surface area contributed by atoms with E-state index < -0.39 is 5.54 Å². The molecule has 0 rings (SSSR count). The van der Waals surface area contributed by atoms with Crippen molar-refractivity contribution in [2.45, 2.75) is 57.6 Å². The molecular weight excluding hydrogens is 218 g/mol. The fourth-order valence-corrected chi connectivity index (χ4v) is 1.33. The predicted molar refractivity (Wildman–Crippen MR) is 70.1 cm³/mol. The van der Waals surface area contributed by atoms with Crippen molar-refractivity contribution in [1.29, 1.82) is 0 Å². The first-order valence-corrected chi connectivity index (χ1v) is 6.36. The van der Waals surface area contributed by atoms with Gasteiger partial charge in [-0.1, -0.05) is 0 Å². The molecule has 0 spiro atoms. The zero-order valence-electron chi connectivity index (χ0n) is 11.8. The molecule has 0 aliphatic heterocycles. The summed E-state index contributed by atoms with van der Waals surface area (Å²) in [6.45, 7) is 7.49. The van der Waals surface area contributed by atoms with Crippen LogP contribution in [0.3, 0.4) is 0 Å². The minimum absolute atomic E-state index is 0.0376. The SMILES string of the molecule is COC(C)(C)CCOCCCCC(C)(N)CO. The molecule has 0 saturated heterocycles. The van der Waals surface area contributed by atoms with Crippen molar-refractivity contribution in [1.82, 2.24) is 0 Å². The largest absolute Gasteiger partial charge is 0.394 e. The van der Waals surface area contributed by atoms with Gasteiger partial charge >= 0.3 is 0 Å². The Bertz CT molecular complexity index is 173. The van der Waals surface area contributed by atoms with Crippen LogP contribution in [0.2, 0.25) is 0 Å². The summed E-state index contributed by atoms with van der Waals surface area (Å²) >= 11 is 0. The second-order valence-corrected chi connectivity index (χ2v) is 5.60. The van der Waals surface area contributed by atoms with Crippen molar-refractivity contribution in [2.75, 3.05) is 26.9 Å². The van der Waals surface area contributed by atoms with Gasteiger partial charge in [-0.25, -0.2) is 0 Å². The van der Waals surface area contributed by atoms with Crippen LogP contribution in [-0.4, -0.2) is 43.2 Å². The minimum Gasteiger partial charge on any atom is -0.394 e. The highest BCUT2D eigenvalue weighted by Crippen LogP contribution is 2.13. The van der Waals surface area contributed by atoms with Crippen LogP contribution in [0, 0.1) is 0 Å². The lowest BCUT2D eigenvalue weighted by Gasteiger charge is -2.23. The maximum absolute atomic E-state index is 8.98. The quantitative estimate of drug-likeness (QED) is 0.577. The lowest BCUT2D eigenvalue weighted by molar-refractivity contribution is -0.0103. The molecule has 104 valence electrons. The monoisotopic (exact) mass is 247 g/mol. The average Bonchev–Trinajstić information content (AvgIpc) is 2.27. The Hall–Kier alpha value is -0.160. The summed E-state index contributed by atoms with van der Waals surface area (Å²) in [5, 5.41) is 8.98. The predicted octanol–water partition coefficient (Wildman–Crippen LogP) is 1.70. The Kier molecular flexibility index (Phi) is 7.96. The number of rotatable bonds is 10. The van der Waals surface area contributed by atoms with E-state index in [0.717, 1.165) is 38.9 Å². The van der Waals surface area contributed by atoms with E-state index in [1.807, 2.05) is 6.92 Å². The number of ether oxygens (including phenoxy) is 2. The van der Waals surface area contributed by atoms with Crippen molar-refractivity contribution in [3.05, 3.63) is 0 Å². The molecule has 0 aromatic heterocycles. The van der Waals surface area contributed by atoms with Crippen LogP contribution >= 0.6 is 0 Å².